The Morgan fingerprint density at radius 2 is 2.10 bits per heavy atom. The Bertz CT molecular complexity index is 702. The molecule has 0 aliphatic carbocycles. The number of aromatic nitrogens is 1. The van der Waals surface area contributed by atoms with Crippen LogP contribution in [0.15, 0.2) is 24.3 Å². The van der Waals surface area contributed by atoms with Crippen molar-refractivity contribution in [1.82, 2.24) is 4.98 Å². The van der Waals surface area contributed by atoms with E-state index in [1.165, 1.54) is 12.1 Å². The fourth-order valence-corrected chi connectivity index (χ4v) is 2.59. The van der Waals surface area contributed by atoms with Gasteiger partial charge in [-0.05, 0) is 36.1 Å². The van der Waals surface area contributed by atoms with Crippen molar-refractivity contribution >= 4 is 5.82 Å². The summed E-state index contributed by atoms with van der Waals surface area (Å²) in [4.78, 5) is 4.37. The van der Waals surface area contributed by atoms with Crippen LogP contribution in [0.5, 0.6) is 0 Å². The molecule has 0 aliphatic heterocycles. The largest absolute Gasteiger partial charge is 0.383 e. The van der Waals surface area contributed by atoms with E-state index in [4.69, 9.17) is 5.73 Å². The molecule has 0 unspecified atom stereocenters. The molecule has 0 spiro atoms. The predicted molar refractivity (Wildman–Crippen MR) is 82.1 cm³/mol. The summed E-state index contributed by atoms with van der Waals surface area (Å²) < 4.78 is 13.5. The first-order chi connectivity index (χ1) is 10.1. The first-order valence-corrected chi connectivity index (χ1v) is 7.09. The average Bonchev–Trinajstić information content (AvgIpc) is 2.47. The summed E-state index contributed by atoms with van der Waals surface area (Å²) >= 11 is 0. The summed E-state index contributed by atoms with van der Waals surface area (Å²) in [6.45, 7) is 4.08. The fourth-order valence-electron chi connectivity index (χ4n) is 2.59. The van der Waals surface area contributed by atoms with Crippen molar-refractivity contribution < 1.29 is 4.39 Å². The third-order valence-corrected chi connectivity index (χ3v) is 3.48. The minimum absolute atomic E-state index is 0.220. The maximum Gasteiger partial charge on any atom is 0.142 e. The van der Waals surface area contributed by atoms with Gasteiger partial charge >= 0.3 is 0 Å². The maximum atomic E-state index is 13.5. The molecule has 0 amide bonds. The number of benzene rings is 1. The van der Waals surface area contributed by atoms with E-state index < -0.39 is 0 Å². The van der Waals surface area contributed by atoms with Crippen LogP contribution in [0.1, 0.15) is 37.1 Å². The molecule has 1 aromatic carbocycles. The average molecular weight is 283 g/mol. The Balaban J connectivity index is 2.80. The second kappa shape index (κ2) is 6.36. The number of nitriles is 1. The zero-order valence-corrected chi connectivity index (χ0v) is 12.3. The summed E-state index contributed by atoms with van der Waals surface area (Å²) in [6.07, 6.45) is 2.46. The highest BCUT2D eigenvalue weighted by atomic mass is 19.1. The Labute approximate surface area is 124 Å². The summed E-state index contributed by atoms with van der Waals surface area (Å²) in [5.41, 5.74) is 9.54. The molecule has 0 saturated carbocycles. The number of pyridine rings is 1. The van der Waals surface area contributed by atoms with Gasteiger partial charge in [-0.1, -0.05) is 32.4 Å². The SMILES string of the molecule is CCCc1nc(N)c(C#N)c(-c2cccc(F)c2)c1CC. The second-order valence-corrected chi connectivity index (χ2v) is 4.90. The lowest BCUT2D eigenvalue weighted by atomic mass is 9.91. The van der Waals surface area contributed by atoms with Crippen molar-refractivity contribution in [3.63, 3.8) is 0 Å². The molecule has 108 valence electrons. The Morgan fingerprint density at radius 1 is 1.33 bits per heavy atom. The molecule has 21 heavy (non-hydrogen) atoms. The van der Waals surface area contributed by atoms with Crippen molar-refractivity contribution in [1.29, 1.82) is 5.26 Å². The highest BCUT2D eigenvalue weighted by Gasteiger charge is 2.18. The van der Waals surface area contributed by atoms with E-state index in [2.05, 4.69) is 18.0 Å². The van der Waals surface area contributed by atoms with Gasteiger partial charge in [0, 0.05) is 11.3 Å². The van der Waals surface area contributed by atoms with Gasteiger partial charge in [-0.15, -0.1) is 0 Å². The third kappa shape index (κ3) is 2.87. The second-order valence-electron chi connectivity index (χ2n) is 4.90. The molecule has 1 heterocycles. The van der Waals surface area contributed by atoms with E-state index in [1.807, 2.05) is 6.92 Å². The number of rotatable bonds is 4. The zero-order valence-electron chi connectivity index (χ0n) is 12.3. The molecule has 0 atom stereocenters. The molecule has 4 heteroatoms. The van der Waals surface area contributed by atoms with Gasteiger partial charge in [-0.3, -0.25) is 0 Å². The molecule has 0 aliphatic rings. The molecule has 2 N–H and O–H groups in total. The number of nitrogens with two attached hydrogens (primary N) is 1. The highest BCUT2D eigenvalue weighted by Crippen LogP contribution is 2.33. The third-order valence-electron chi connectivity index (χ3n) is 3.48. The monoisotopic (exact) mass is 283 g/mol. The summed E-state index contributed by atoms with van der Waals surface area (Å²) in [5.74, 6) is -0.108. The van der Waals surface area contributed by atoms with Crippen LogP contribution < -0.4 is 5.73 Å². The molecule has 1 aromatic heterocycles. The lowest BCUT2D eigenvalue weighted by Gasteiger charge is -2.16. The van der Waals surface area contributed by atoms with Gasteiger partial charge in [-0.25, -0.2) is 9.37 Å². The van der Waals surface area contributed by atoms with Crippen LogP contribution in [0.25, 0.3) is 11.1 Å². The van der Waals surface area contributed by atoms with E-state index >= 15 is 0 Å². The summed E-state index contributed by atoms with van der Waals surface area (Å²) in [6, 6.07) is 8.38. The van der Waals surface area contributed by atoms with E-state index in [9.17, 15) is 9.65 Å². The molecule has 2 rings (SSSR count). The van der Waals surface area contributed by atoms with Crippen molar-refractivity contribution in [3.05, 3.63) is 46.9 Å². The maximum absolute atomic E-state index is 13.5. The molecule has 2 aromatic rings. The Hall–Kier alpha value is -2.41. The van der Waals surface area contributed by atoms with Crippen LogP contribution in [0.3, 0.4) is 0 Å². The smallest absolute Gasteiger partial charge is 0.142 e. The van der Waals surface area contributed by atoms with E-state index in [0.717, 1.165) is 36.1 Å². The Morgan fingerprint density at radius 3 is 2.67 bits per heavy atom. The number of aryl methyl sites for hydroxylation is 1. The van der Waals surface area contributed by atoms with Crippen LogP contribution in [-0.4, -0.2) is 4.98 Å². The van der Waals surface area contributed by atoms with Crippen LogP contribution in [0, 0.1) is 17.1 Å². The van der Waals surface area contributed by atoms with Crippen LogP contribution in [0.2, 0.25) is 0 Å². The van der Waals surface area contributed by atoms with Gasteiger partial charge in [0.1, 0.15) is 23.3 Å². The molecular formula is C17H18FN3. The van der Waals surface area contributed by atoms with Gasteiger partial charge in [0.2, 0.25) is 0 Å². The van der Waals surface area contributed by atoms with Gasteiger partial charge in [0.05, 0.1) is 0 Å². The first-order valence-electron chi connectivity index (χ1n) is 7.09. The number of anilines is 1. The number of hydrogen-bond donors (Lipinski definition) is 1. The lowest BCUT2D eigenvalue weighted by Crippen LogP contribution is -2.07. The van der Waals surface area contributed by atoms with Gasteiger partial charge in [-0.2, -0.15) is 5.26 Å². The molecular weight excluding hydrogens is 265 g/mol. The lowest BCUT2D eigenvalue weighted by molar-refractivity contribution is 0.628. The number of hydrogen-bond acceptors (Lipinski definition) is 3. The van der Waals surface area contributed by atoms with Crippen molar-refractivity contribution in [2.45, 2.75) is 33.1 Å². The summed E-state index contributed by atoms with van der Waals surface area (Å²) in [7, 11) is 0. The predicted octanol–water partition coefficient (Wildman–Crippen LogP) is 3.86. The topological polar surface area (TPSA) is 62.7 Å². The van der Waals surface area contributed by atoms with Gasteiger partial charge in [0.25, 0.3) is 0 Å². The minimum Gasteiger partial charge on any atom is -0.383 e. The normalized spacial score (nSPS) is 10.4. The van der Waals surface area contributed by atoms with Crippen molar-refractivity contribution in [2.75, 3.05) is 5.73 Å². The molecule has 0 radical (unpaired) electrons. The van der Waals surface area contributed by atoms with Crippen molar-refractivity contribution in [2.24, 2.45) is 0 Å². The quantitative estimate of drug-likeness (QED) is 0.926. The zero-order chi connectivity index (χ0) is 15.4. The van der Waals surface area contributed by atoms with E-state index in [0.29, 0.717) is 11.1 Å². The number of nitrogen functional groups attached to an aromatic ring is 1. The van der Waals surface area contributed by atoms with Crippen LogP contribution in [-0.2, 0) is 12.8 Å². The fraction of sp³-hybridized carbons (Fsp3) is 0.294. The Kier molecular flexibility index (Phi) is 4.54. The van der Waals surface area contributed by atoms with E-state index in [-0.39, 0.29) is 11.6 Å². The van der Waals surface area contributed by atoms with E-state index in [1.54, 1.807) is 12.1 Å². The molecule has 0 saturated heterocycles. The highest BCUT2D eigenvalue weighted by molar-refractivity contribution is 5.79. The molecule has 0 bridgehead atoms. The first kappa shape index (κ1) is 15.0. The standard InChI is InChI=1S/C17H18FN3/c1-3-6-15-13(4-2)16(14(10-19)17(20)21-15)11-7-5-8-12(18)9-11/h5,7-9H,3-4,6H2,1-2H3,(H2,20,21). The van der Waals surface area contributed by atoms with Crippen molar-refractivity contribution in [3.8, 4) is 17.2 Å². The minimum atomic E-state index is -0.328. The summed E-state index contributed by atoms with van der Waals surface area (Å²) in [5, 5.41) is 9.41. The van der Waals surface area contributed by atoms with Gasteiger partial charge in [0.15, 0.2) is 0 Å². The number of halogens is 1. The van der Waals surface area contributed by atoms with Crippen LogP contribution in [0.4, 0.5) is 10.2 Å². The molecule has 0 fully saturated rings. The molecule has 3 nitrogen and oxygen atoms in total. The van der Waals surface area contributed by atoms with Crippen LogP contribution >= 0.6 is 0 Å². The van der Waals surface area contributed by atoms with Gasteiger partial charge < -0.3 is 5.73 Å². The number of nitrogens with zero attached hydrogens (tertiary/aromatic N) is 2.